The van der Waals surface area contributed by atoms with Gasteiger partial charge in [0.2, 0.25) is 0 Å². The zero-order valence-electron chi connectivity index (χ0n) is 5.49. The molecule has 0 radical (unpaired) electrons. The summed E-state index contributed by atoms with van der Waals surface area (Å²) in [6, 6.07) is 0.523. The lowest BCUT2D eigenvalue weighted by Gasteiger charge is -2.12. The molecule has 2 atom stereocenters. The Hall–Kier alpha value is -1.25. The number of rotatable bonds is 0. The number of nitrogens with two attached hydrogens (primary N) is 1. The van der Waals surface area contributed by atoms with Crippen LogP contribution in [0.3, 0.4) is 0 Å². The molecule has 2 unspecified atom stereocenters. The molecule has 0 spiro atoms. The first kappa shape index (κ1) is 5.53. The second-order valence-corrected chi connectivity index (χ2v) is 2.44. The maximum absolute atomic E-state index is 5.47. The lowest BCUT2D eigenvalue weighted by Crippen LogP contribution is -2.36. The van der Waals surface area contributed by atoms with E-state index in [0.29, 0.717) is 12.0 Å². The smallest absolute Gasteiger partial charge is 0.189 e. The van der Waals surface area contributed by atoms with E-state index < -0.39 is 0 Å². The van der Waals surface area contributed by atoms with Crippen molar-refractivity contribution in [1.82, 2.24) is 5.32 Å². The first-order chi connectivity index (χ1) is 4.86. The van der Waals surface area contributed by atoms with Gasteiger partial charge in [-0.25, -0.2) is 4.99 Å². The average molecular weight is 135 g/mol. The zero-order valence-corrected chi connectivity index (χ0v) is 5.49. The van der Waals surface area contributed by atoms with Crippen molar-refractivity contribution in [3.05, 3.63) is 24.3 Å². The SMILES string of the molecule is NC1=NC2C=CC=CC2N1. The summed E-state index contributed by atoms with van der Waals surface area (Å²) in [4.78, 5) is 4.16. The molecule has 0 aromatic rings. The van der Waals surface area contributed by atoms with Gasteiger partial charge in [-0.2, -0.15) is 0 Å². The Bertz CT molecular complexity index is 227. The normalized spacial score (nSPS) is 35.0. The first-order valence-electron chi connectivity index (χ1n) is 3.31. The molecule has 0 fully saturated rings. The Labute approximate surface area is 59.3 Å². The third kappa shape index (κ3) is 0.708. The third-order valence-electron chi connectivity index (χ3n) is 1.71. The van der Waals surface area contributed by atoms with Crippen LogP contribution >= 0.6 is 0 Å². The van der Waals surface area contributed by atoms with Gasteiger partial charge in [0.15, 0.2) is 5.96 Å². The maximum atomic E-state index is 5.47. The Balaban J connectivity index is 2.24. The zero-order chi connectivity index (χ0) is 6.97. The van der Waals surface area contributed by atoms with Gasteiger partial charge in [-0.15, -0.1) is 0 Å². The largest absolute Gasteiger partial charge is 0.370 e. The minimum atomic E-state index is 0.227. The number of guanidine groups is 1. The Morgan fingerprint density at radius 1 is 1.40 bits per heavy atom. The topological polar surface area (TPSA) is 50.4 Å². The van der Waals surface area contributed by atoms with Gasteiger partial charge in [0.25, 0.3) is 0 Å². The Morgan fingerprint density at radius 3 is 3.00 bits per heavy atom. The van der Waals surface area contributed by atoms with E-state index in [2.05, 4.69) is 16.4 Å². The average Bonchev–Trinajstić information content (AvgIpc) is 2.27. The molecule has 0 amide bonds. The molecule has 0 aromatic heterocycles. The fourth-order valence-corrected chi connectivity index (χ4v) is 1.22. The Kier molecular flexibility index (Phi) is 1.03. The molecule has 3 N–H and O–H groups in total. The van der Waals surface area contributed by atoms with Crippen molar-refractivity contribution in [2.45, 2.75) is 12.1 Å². The Morgan fingerprint density at radius 2 is 2.20 bits per heavy atom. The summed E-state index contributed by atoms with van der Waals surface area (Å²) in [5.41, 5.74) is 5.47. The highest BCUT2D eigenvalue weighted by molar-refractivity contribution is 5.81. The van der Waals surface area contributed by atoms with Crippen molar-refractivity contribution >= 4 is 5.96 Å². The summed E-state index contributed by atoms with van der Waals surface area (Å²) < 4.78 is 0. The molecule has 0 bridgehead atoms. The highest BCUT2D eigenvalue weighted by Gasteiger charge is 2.23. The summed E-state index contributed by atoms with van der Waals surface area (Å²) in [5.74, 6) is 0.547. The molecular weight excluding hydrogens is 126 g/mol. The summed E-state index contributed by atoms with van der Waals surface area (Å²) >= 11 is 0. The fraction of sp³-hybridized carbons (Fsp3) is 0.286. The van der Waals surface area contributed by atoms with Gasteiger partial charge < -0.3 is 11.1 Å². The summed E-state index contributed by atoms with van der Waals surface area (Å²) in [7, 11) is 0. The molecule has 52 valence electrons. The van der Waals surface area contributed by atoms with E-state index in [1.165, 1.54) is 0 Å². The van der Waals surface area contributed by atoms with Gasteiger partial charge in [0.1, 0.15) is 0 Å². The molecule has 1 aliphatic heterocycles. The lowest BCUT2D eigenvalue weighted by molar-refractivity contribution is 0.694. The van der Waals surface area contributed by atoms with E-state index in [1.807, 2.05) is 18.2 Å². The van der Waals surface area contributed by atoms with E-state index in [9.17, 15) is 0 Å². The highest BCUT2D eigenvalue weighted by Crippen LogP contribution is 2.12. The van der Waals surface area contributed by atoms with Gasteiger partial charge >= 0.3 is 0 Å². The van der Waals surface area contributed by atoms with Gasteiger partial charge in [0.05, 0.1) is 12.1 Å². The first-order valence-corrected chi connectivity index (χ1v) is 3.31. The minimum Gasteiger partial charge on any atom is -0.370 e. The number of fused-ring (bicyclic) bond motifs is 1. The van der Waals surface area contributed by atoms with E-state index in [1.54, 1.807) is 0 Å². The highest BCUT2D eigenvalue weighted by atomic mass is 15.2. The molecule has 2 aliphatic rings. The molecule has 0 aromatic carbocycles. The van der Waals surface area contributed by atoms with Gasteiger partial charge in [-0.3, -0.25) is 0 Å². The van der Waals surface area contributed by atoms with Crippen molar-refractivity contribution in [2.24, 2.45) is 10.7 Å². The van der Waals surface area contributed by atoms with E-state index >= 15 is 0 Å². The van der Waals surface area contributed by atoms with Crippen LogP contribution in [0.15, 0.2) is 29.3 Å². The van der Waals surface area contributed by atoms with Crippen molar-refractivity contribution < 1.29 is 0 Å². The van der Waals surface area contributed by atoms with E-state index in [4.69, 9.17) is 5.73 Å². The lowest BCUT2D eigenvalue weighted by atomic mass is 10.1. The number of hydrogen-bond acceptors (Lipinski definition) is 3. The number of allylic oxidation sites excluding steroid dienone is 2. The molecule has 1 heterocycles. The van der Waals surface area contributed by atoms with Crippen LogP contribution in [0.25, 0.3) is 0 Å². The van der Waals surface area contributed by atoms with E-state index in [0.717, 1.165) is 0 Å². The minimum absolute atomic E-state index is 0.227. The van der Waals surface area contributed by atoms with E-state index in [-0.39, 0.29) is 6.04 Å². The molecule has 0 saturated heterocycles. The van der Waals surface area contributed by atoms with Crippen LogP contribution in [-0.4, -0.2) is 18.0 Å². The van der Waals surface area contributed by atoms with Crippen LogP contribution in [0.5, 0.6) is 0 Å². The molecule has 10 heavy (non-hydrogen) atoms. The fourth-order valence-electron chi connectivity index (χ4n) is 1.22. The van der Waals surface area contributed by atoms with Gasteiger partial charge in [-0.1, -0.05) is 24.3 Å². The maximum Gasteiger partial charge on any atom is 0.189 e. The second-order valence-electron chi connectivity index (χ2n) is 2.44. The molecular formula is C7H9N3. The molecule has 3 nitrogen and oxygen atoms in total. The van der Waals surface area contributed by atoms with Crippen LogP contribution in [0.1, 0.15) is 0 Å². The van der Waals surface area contributed by atoms with Crippen molar-refractivity contribution in [2.75, 3.05) is 0 Å². The predicted octanol–water partition coefficient (Wildman–Crippen LogP) is -0.233. The van der Waals surface area contributed by atoms with Gasteiger partial charge in [0, 0.05) is 0 Å². The molecule has 3 heteroatoms. The number of hydrogen-bond donors (Lipinski definition) is 2. The van der Waals surface area contributed by atoms with Crippen LogP contribution in [-0.2, 0) is 0 Å². The van der Waals surface area contributed by atoms with Crippen molar-refractivity contribution in [1.29, 1.82) is 0 Å². The van der Waals surface area contributed by atoms with Crippen LogP contribution in [0.4, 0.5) is 0 Å². The van der Waals surface area contributed by atoms with Gasteiger partial charge in [-0.05, 0) is 0 Å². The summed E-state index contributed by atoms with van der Waals surface area (Å²) in [6.07, 6.45) is 8.10. The quantitative estimate of drug-likeness (QED) is 0.482. The van der Waals surface area contributed by atoms with Crippen molar-refractivity contribution in [3.8, 4) is 0 Å². The number of nitrogens with one attached hydrogen (secondary N) is 1. The summed E-state index contributed by atoms with van der Waals surface area (Å²) in [6.45, 7) is 0. The summed E-state index contributed by atoms with van der Waals surface area (Å²) in [5, 5.41) is 3.05. The standard InChI is InChI=1S/C7H9N3/c8-7-9-5-3-1-2-4-6(5)10-7/h1-6H,(H3,8,9,10). The van der Waals surface area contributed by atoms with Crippen LogP contribution in [0.2, 0.25) is 0 Å². The second kappa shape index (κ2) is 1.87. The van der Waals surface area contributed by atoms with Crippen LogP contribution < -0.4 is 11.1 Å². The molecule has 2 rings (SSSR count). The van der Waals surface area contributed by atoms with Crippen LogP contribution in [0, 0.1) is 0 Å². The predicted molar refractivity (Wildman–Crippen MR) is 40.6 cm³/mol. The monoisotopic (exact) mass is 135 g/mol. The molecule has 1 aliphatic carbocycles. The third-order valence-corrected chi connectivity index (χ3v) is 1.71. The number of nitrogens with zero attached hydrogens (tertiary/aromatic N) is 1. The number of aliphatic imine (C=N–C) groups is 1. The van der Waals surface area contributed by atoms with Crippen molar-refractivity contribution in [3.63, 3.8) is 0 Å². The molecule has 0 saturated carbocycles.